The summed E-state index contributed by atoms with van der Waals surface area (Å²) in [6.45, 7) is 10.3. The van der Waals surface area contributed by atoms with Gasteiger partial charge in [0.2, 0.25) is 5.91 Å². The molecule has 1 aliphatic heterocycles. The largest absolute Gasteiger partial charge is 0.487 e. The van der Waals surface area contributed by atoms with Gasteiger partial charge in [-0.15, -0.1) is 0 Å². The number of aryl methyl sites for hydroxylation is 3. The number of hydrogen-bond acceptors (Lipinski definition) is 2. The summed E-state index contributed by atoms with van der Waals surface area (Å²) in [5.74, 6) is 0.939. The number of amides is 1. The Morgan fingerprint density at radius 1 is 1.12 bits per heavy atom. The normalized spacial score (nSPS) is 18.2. The van der Waals surface area contributed by atoms with Crippen LogP contribution in [-0.4, -0.2) is 11.5 Å². The Morgan fingerprint density at radius 2 is 1.80 bits per heavy atom. The smallest absolute Gasteiger partial charge is 0.224 e. The molecule has 3 heteroatoms. The summed E-state index contributed by atoms with van der Waals surface area (Å²) < 4.78 is 6.11. The Labute approximate surface area is 150 Å². The van der Waals surface area contributed by atoms with Crippen LogP contribution in [0.4, 0.5) is 0 Å². The van der Waals surface area contributed by atoms with Crippen LogP contribution in [0.5, 0.6) is 5.75 Å². The molecule has 1 amide bonds. The summed E-state index contributed by atoms with van der Waals surface area (Å²) in [7, 11) is 0. The second kappa shape index (κ2) is 6.55. The molecule has 3 rings (SSSR count). The number of benzene rings is 2. The van der Waals surface area contributed by atoms with Gasteiger partial charge >= 0.3 is 0 Å². The first-order chi connectivity index (χ1) is 11.7. The van der Waals surface area contributed by atoms with Crippen LogP contribution in [-0.2, 0) is 11.2 Å². The van der Waals surface area contributed by atoms with Crippen LogP contribution in [0.1, 0.15) is 54.1 Å². The van der Waals surface area contributed by atoms with Gasteiger partial charge in [0.05, 0.1) is 12.5 Å². The van der Waals surface area contributed by atoms with Crippen LogP contribution in [0.25, 0.3) is 0 Å². The summed E-state index contributed by atoms with van der Waals surface area (Å²) in [4.78, 5) is 12.7. The van der Waals surface area contributed by atoms with Crippen molar-refractivity contribution in [3.63, 3.8) is 0 Å². The van der Waals surface area contributed by atoms with Gasteiger partial charge in [0.25, 0.3) is 0 Å². The minimum absolute atomic E-state index is 0.0161. The van der Waals surface area contributed by atoms with Gasteiger partial charge in [-0.3, -0.25) is 4.79 Å². The SMILES string of the molecule is Cc1ccc(CC(=O)N[C@H]2CC(C)(C)Oc3cc(C)ccc32)c(C)c1. The molecule has 3 nitrogen and oxygen atoms in total. The van der Waals surface area contributed by atoms with E-state index >= 15 is 0 Å². The summed E-state index contributed by atoms with van der Waals surface area (Å²) in [6, 6.07) is 12.4. The summed E-state index contributed by atoms with van der Waals surface area (Å²) in [5, 5.41) is 3.22. The molecule has 0 aliphatic carbocycles. The van der Waals surface area contributed by atoms with Crippen molar-refractivity contribution in [2.45, 2.75) is 59.1 Å². The zero-order chi connectivity index (χ0) is 18.2. The third-order valence-corrected chi connectivity index (χ3v) is 4.81. The molecule has 0 aromatic heterocycles. The van der Waals surface area contributed by atoms with Gasteiger partial charge in [0.15, 0.2) is 0 Å². The van der Waals surface area contributed by atoms with E-state index in [1.54, 1.807) is 0 Å². The number of carbonyl (C=O) groups excluding carboxylic acids is 1. The van der Waals surface area contributed by atoms with E-state index in [0.29, 0.717) is 6.42 Å². The third-order valence-electron chi connectivity index (χ3n) is 4.81. The second-order valence-corrected chi connectivity index (χ2v) is 7.83. The standard InChI is InChI=1S/C22H27NO2/c1-14-6-8-17(16(3)10-14)12-21(24)23-19-13-22(4,5)25-20-11-15(2)7-9-18(19)20/h6-11,19H,12-13H2,1-5H3,(H,23,24)/t19-/m0/s1. The van der Waals surface area contributed by atoms with Gasteiger partial charge in [-0.1, -0.05) is 35.9 Å². The van der Waals surface area contributed by atoms with Crippen molar-refractivity contribution in [3.05, 3.63) is 64.2 Å². The summed E-state index contributed by atoms with van der Waals surface area (Å²) >= 11 is 0. The van der Waals surface area contributed by atoms with Gasteiger partial charge in [-0.05, 0) is 57.4 Å². The fraction of sp³-hybridized carbons (Fsp3) is 0.409. The van der Waals surface area contributed by atoms with Crippen LogP contribution in [0, 0.1) is 20.8 Å². The van der Waals surface area contributed by atoms with Crippen LogP contribution >= 0.6 is 0 Å². The van der Waals surface area contributed by atoms with Crippen molar-refractivity contribution in [2.24, 2.45) is 0 Å². The second-order valence-electron chi connectivity index (χ2n) is 7.83. The fourth-order valence-electron chi connectivity index (χ4n) is 3.55. The van der Waals surface area contributed by atoms with Crippen molar-refractivity contribution in [3.8, 4) is 5.75 Å². The lowest BCUT2D eigenvalue weighted by Crippen LogP contribution is -2.41. The topological polar surface area (TPSA) is 38.3 Å². The number of hydrogen-bond donors (Lipinski definition) is 1. The molecule has 1 aliphatic rings. The molecule has 0 bridgehead atoms. The van der Waals surface area contributed by atoms with Crippen molar-refractivity contribution in [1.29, 1.82) is 0 Å². The summed E-state index contributed by atoms with van der Waals surface area (Å²) in [5.41, 5.74) is 5.41. The molecule has 2 aromatic rings. The Bertz CT molecular complexity index is 808. The maximum Gasteiger partial charge on any atom is 0.224 e. The zero-order valence-corrected chi connectivity index (χ0v) is 15.8. The Balaban J connectivity index is 1.79. The van der Waals surface area contributed by atoms with E-state index in [0.717, 1.165) is 28.9 Å². The molecule has 1 N–H and O–H groups in total. The zero-order valence-electron chi connectivity index (χ0n) is 15.8. The van der Waals surface area contributed by atoms with Gasteiger partial charge in [0.1, 0.15) is 11.4 Å². The molecule has 25 heavy (non-hydrogen) atoms. The average molecular weight is 337 g/mol. The molecule has 0 saturated carbocycles. The molecule has 0 radical (unpaired) electrons. The first-order valence-corrected chi connectivity index (χ1v) is 8.88. The number of carbonyl (C=O) groups is 1. The molecule has 0 fully saturated rings. The van der Waals surface area contributed by atoms with E-state index in [9.17, 15) is 4.79 Å². The third kappa shape index (κ3) is 4.04. The number of ether oxygens (including phenoxy) is 1. The minimum Gasteiger partial charge on any atom is -0.487 e. The highest BCUT2D eigenvalue weighted by atomic mass is 16.5. The molecule has 1 heterocycles. The molecular weight excluding hydrogens is 310 g/mol. The van der Waals surface area contributed by atoms with E-state index in [1.807, 2.05) is 0 Å². The molecule has 1 atom stereocenters. The highest BCUT2D eigenvalue weighted by molar-refractivity contribution is 5.79. The highest BCUT2D eigenvalue weighted by Crippen LogP contribution is 2.39. The molecule has 132 valence electrons. The molecular formula is C22H27NO2. The van der Waals surface area contributed by atoms with Crippen LogP contribution in [0.15, 0.2) is 36.4 Å². The van der Waals surface area contributed by atoms with E-state index in [-0.39, 0.29) is 17.6 Å². The van der Waals surface area contributed by atoms with Gasteiger partial charge < -0.3 is 10.1 Å². The lowest BCUT2D eigenvalue weighted by Gasteiger charge is -2.38. The summed E-state index contributed by atoms with van der Waals surface area (Å²) in [6.07, 6.45) is 1.17. The van der Waals surface area contributed by atoms with E-state index in [2.05, 4.69) is 76.3 Å². The number of fused-ring (bicyclic) bond motifs is 1. The predicted octanol–water partition coefficient (Wildman–Crippen LogP) is 4.57. The molecule has 2 aromatic carbocycles. The van der Waals surface area contributed by atoms with E-state index in [1.165, 1.54) is 11.1 Å². The van der Waals surface area contributed by atoms with Crippen LogP contribution in [0.3, 0.4) is 0 Å². The van der Waals surface area contributed by atoms with Gasteiger partial charge in [0, 0.05) is 12.0 Å². The van der Waals surface area contributed by atoms with Gasteiger partial charge in [-0.25, -0.2) is 0 Å². The Kier molecular flexibility index (Phi) is 4.59. The van der Waals surface area contributed by atoms with Crippen molar-refractivity contribution in [2.75, 3.05) is 0 Å². The van der Waals surface area contributed by atoms with Crippen molar-refractivity contribution >= 4 is 5.91 Å². The maximum atomic E-state index is 12.7. The van der Waals surface area contributed by atoms with E-state index in [4.69, 9.17) is 4.74 Å². The first-order valence-electron chi connectivity index (χ1n) is 8.88. The lowest BCUT2D eigenvalue weighted by atomic mass is 9.89. The molecule has 0 spiro atoms. The molecule has 0 saturated heterocycles. The van der Waals surface area contributed by atoms with Crippen LogP contribution in [0.2, 0.25) is 0 Å². The van der Waals surface area contributed by atoms with Gasteiger partial charge in [-0.2, -0.15) is 0 Å². The van der Waals surface area contributed by atoms with E-state index < -0.39 is 0 Å². The first kappa shape index (κ1) is 17.5. The fourth-order valence-corrected chi connectivity index (χ4v) is 3.55. The number of nitrogens with one attached hydrogen (secondary N) is 1. The quantitative estimate of drug-likeness (QED) is 0.891. The predicted molar refractivity (Wildman–Crippen MR) is 101 cm³/mol. The van der Waals surface area contributed by atoms with Crippen molar-refractivity contribution < 1.29 is 9.53 Å². The minimum atomic E-state index is -0.293. The van der Waals surface area contributed by atoms with Crippen molar-refractivity contribution in [1.82, 2.24) is 5.32 Å². The van der Waals surface area contributed by atoms with Crippen LogP contribution < -0.4 is 10.1 Å². The average Bonchev–Trinajstić information content (AvgIpc) is 2.48. The number of rotatable bonds is 3. The Hall–Kier alpha value is -2.29. The maximum absolute atomic E-state index is 12.7. The Morgan fingerprint density at radius 3 is 2.52 bits per heavy atom. The molecule has 0 unspecified atom stereocenters. The highest BCUT2D eigenvalue weighted by Gasteiger charge is 2.34. The monoisotopic (exact) mass is 337 g/mol. The lowest BCUT2D eigenvalue weighted by molar-refractivity contribution is -0.121.